The Bertz CT molecular complexity index is 1190. The molecule has 4 rings (SSSR count). The molecule has 1 amide bonds. The third-order valence-corrected chi connectivity index (χ3v) is 5.66. The standard InChI is InChI=1S/C21H18ClN3O4S/c1-2-7-25-20(27)15-5-4-14(22)9-16(15)24-21(25)30-11-19(26)23-10-13-3-6-17-18(8-13)29-12-28-17/h2-6,8-9H,1,7,10-12H2,(H,23,26). The van der Waals surface area contributed by atoms with E-state index in [1.807, 2.05) is 18.2 Å². The minimum atomic E-state index is -0.195. The maximum absolute atomic E-state index is 12.8. The first kappa shape index (κ1) is 20.3. The third kappa shape index (κ3) is 4.29. The Balaban J connectivity index is 1.45. The largest absolute Gasteiger partial charge is 0.454 e. The molecular weight excluding hydrogens is 426 g/mol. The number of nitrogens with one attached hydrogen (secondary N) is 1. The number of ether oxygens (including phenoxy) is 2. The first-order valence-electron chi connectivity index (χ1n) is 9.14. The zero-order chi connectivity index (χ0) is 21.1. The van der Waals surface area contributed by atoms with Gasteiger partial charge in [0.25, 0.3) is 5.56 Å². The number of carbonyl (C=O) groups excluding carboxylic acids is 1. The second-order valence-electron chi connectivity index (χ2n) is 6.51. The lowest BCUT2D eigenvalue weighted by molar-refractivity contribution is -0.118. The lowest BCUT2D eigenvalue weighted by Gasteiger charge is -2.12. The number of aromatic nitrogens is 2. The SMILES string of the molecule is C=CCn1c(SCC(=O)NCc2ccc3c(c2)OCO3)nc2cc(Cl)ccc2c1=O. The van der Waals surface area contributed by atoms with Crippen LogP contribution in [0.3, 0.4) is 0 Å². The normalized spacial score (nSPS) is 12.2. The Hall–Kier alpha value is -2.97. The third-order valence-electron chi connectivity index (χ3n) is 4.45. The summed E-state index contributed by atoms with van der Waals surface area (Å²) in [5, 5.41) is 4.26. The van der Waals surface area contributed by atoms with Crippen molar-refractivity contribution in [2.45, 2.75) is 18.2 Å². The van der Waals surface area contributed by atoms with Crippen LogP contribution in [-0.4, -0.2) is 28.0 Å². The second kappa shape index (κ2) is 8.81. The second-order valence-corrected chi connectivity index (χ2v) is 7.89. The number of amides is 1. The minimum Gasteiger partial charge on any atom is -0.454 e. The van der Waals surface area contributed by atoms with E-state index in [2.05, 4.69) is 16.9 Å². The van der Waals surface area contributed by atoms with Crippen LogP contribution < -0.4 is 20.3 Å². The maximum atomic E-state index is 12.8. The number of rotatable bonds is 7. The van der Waals surface area contributed by atoms with Crippen LogP contribution in [0.15, 0.2) is 59.0 Å². The van der Waals surface area contributed by atoms with Crippen molar-refractivity contribution in [3.05, 3.63) is 70.0 Å². The van der Waals surface area contributed by atoms with Gasteiger partial charge in [0.2, 0.25) is 12.7 Å². The van der Waals surface area contributed by atoms with Gasteiger partial charge in [-0.3, -0.25) is 14.2 Å². The van der Waals surface area contributed by atoms with Crippen LogP contribution in [0.4, 0.5) is 0 Å². The van der Waals surface area contributed by atoms with Crippen molar-refractivity contribution in [1.29, 1.82) is 0 Å². The van der Waals surface area contributed by atoms with E-state index in [-0.39, 0.29) is 24.0 Å². The molecule has 1 aliphatic heterocycles. The number of allylic oxidation sites excluding steroid dienone is 1. The Morgan fingerprint density at radius 1 is 1.27 bits per heavy atom. The Morgan fingerprint density at radius 2 is 2.10 bits per heavy atom. The zero-order valence-corrected chi connectivity index (χ0v) is 17.5. The number of nitrogens with zero attached hydrogens (tertiary/aromatic N) is 2. The van der Waals surface area contributed by atoms with E-state index in [1.54, 1.807) is 24.3 Å². The highest BCUT2D eigenvalue weighted by molar-refractivity contribution is 7.99. The summed E-state index contributed by atoms with van der Waals surface area (Å²) in [6.45, 7) is 4.56. The molecule has 0 atom stereocenters. The van der Waals surface area contributed by atoms with Crippen LogP contribution in [-0.2, 0) is 17.9 Å². The van der Waals surface area contributed by atoms with Gasteiger partial charge in [-0.05, 0) is 35.9 Å². The van der Waals surface area contributed by atoms with E-state index in [4.69, 9.17) is 21.1 Å². The van der Waals surface area contributed by atoms with Gasteiger partial charge in [0, 0.05) is 18.1 Å². The summed E-state index contributed by atoms with van der Waals surface area (Å²) in [4.78, 5) is 29.7. The van der Waals surface area contributed by atoms with Crippen molar-refractivity contribution in [1.82, 2.24) is 14.9 Å². The number of hydrogen-bond donors (Lipinski definition) is 1. The summed E-state index contributed by atoms with van der Waals surface area (Å²) in [7, 11) is 0. The van der Waals surface area contributed by atoms with Gasteiger partial charge in [0.15, 0.2) is 16.7 Å². The Morgan fingerprint density at radius 3 is 2.93 bits per heavy atom. The summed E-state index contributed by atoms with van der Waals surface area (Å²) in [5.41, 5.74) is 1.20. The first-order chi connectivity index (χ1) is 14.5. The number of hydrogen-bond acceptors (Lipinski definition) is 6. The molecule has 0 spiro atoms. The van der Waals surface area contributed by atoms with Crippen LogP contribution >= 0.6 is 23.4 Å². The van der Waals surface area contributed by atoms with E-state index in [0.29, 0.717) is 45.7 Å². The first-order valence-corrected chi connectivity index (χ1v) is 10.5. The van der Waals surface area contributed by atoms with Gasteiger partial charge < -0.3 is 14.8 Å². The molecular formula is C21H18ClN3O4S. The van der Waals surface area contributed by atoms with Crippen LogP contribution in [0.5, 0.6) is 11.5 Å². The lowest BCUT2D eigenvalue weighted by Crippen LogP contribution is -2.26. The van der Waals surface area contributed by atoms with Crippen LogP contribution in [0.2, 0.25) is 5.02 Å². The van der Waals surface area contributed by atoms with Crippen molar-refractivity contribution in [3.8, 4) is 11.5 Å². The molecule has 1 aromatic heterocycles. The van der Waals surface area contributed by atoms with Crippen molar-refractivity contribution in [2.24, 2.45) is 0 Å². The molecule has 154 valence electrons. The number of thioether (sulfide) groups is 1. The van der Waals surface area contributed by atoms with E-state index in [1.165, 1.54) is 16.3 Å². The smallest absolute Gasteiger partial charge is 0.262 e. The molecule has 0 radical (unpaired) electrons. The topological polar surface area (TPSA) is 82.5 Å². The Kier molecular flexibility index (Phi) is 5.96. The molecule has 0 fully saturated rings. The molecule has 0 saturated carbocycles. The number of halogens is 1. The van der Waals surface area contributed by atoms with E-state index in [9.17, 15) is 9.59 Å². The fraction of sp³-hybridized carbons (Fsp3) is 0.190. The number of carbonyl (C=O) groups is 1. The molecule has 1 N–H and O–H groups in total. The molecule has 2 heterocycles. The lowest BCUT2D eigenvalue weighted by atomic mass is 10.2. The van der Waals surface area contributed by atoms with Crippen molar-refractivity contribution in [2.75, 3.05) is 12.5 Å². The predicted molar refractivity (Wildman–Crippen MR) is 116 cm³/mol. The van der Waals surface area contributed by atoms with Gasteiger partial charge in [-0.25, -0.2) is 4.98 Å². The fourth-order valence-electron chi connectivity index (χ4n) is 3.01. The van der Waals surface area contributed by atoms with Gasteiger partial charge >= 0.3 is 0 Å². The highest BCUT2D eigenvalue weighted by Crippen LogP contribution is 2.32. The van der Waals surface area contributed by atoms with Crippen LogP contribution in [0.25, 0.3) is 10.9 Å². The highest BCUT2D eigenvalue weighted by Gasteiger charge is 2.15. The van der Waals surface area contributed by atoms with E-state index in [0.717, 1.165) is 5.56 Å². The summed E-state index contributed by atoms with van der Waals surface area (Å²) < 4.78 is 12.1. The van der Waals surface area contributed by atoms with Gasteiger partial charge in [-0.15, -0.1) is 6.58 Å². The van der Waals surface area contributed by atoms with E-state index >= 15 is 0 Å². The van der Waals surface area contributed by atoms with Crippen molar-refractivity contribution >= 4 is 40.2 Å². The summed E-state index contributed by atoms with van der Waals surface area (Å²) >= 11 is 7.22. The van der Waals surface area contributed by atoms with Gasteiger partial charge in [0.05, 0.1) is 16.7 Å². The number of benzene rings is 2. The Labute approximate surface area is 181 Å². The number of fused-ring (bicyclic) bond motifs is 2. The molecule has 30 heavy (non-hydrogen) atoms. The molecule has 0 unspecified atom stereocenters. The summed E-state index contributed by atoms with van der Waals surface area (Å²) in [5.74, 6) is 1.30. The predicted octanol–water partition coefficient (Wildman–Crippen LogP) is 3.37. The maximum Gasteiger partial charge on any atom is 0.262 e. The summed E-state index contributed by atoms with van der Waals surface area (Å²) in [6, 6.07) is 10.5. The van der Waals surface area contributed by atoms with E-state index < -0.39 is 0 Å². The zero-order valence-electron chi connectivity index (χ0n) is 15.9. The summed E-state index contributed by atoms with van der Waals surface area (Å²) in [6.07, 6.45) is 1.62. The van der Waals surface area contributed by atoms with Crippen LogP contribution in [0, 0.1) is 0 Å². The molecule has 3 aromatic rings. The van der Waals surface area contributed by atoms with Gasteiger partial charge in [0.1, 0.15) is 0 Å². The molecule has 2 aromatic carbocycles. The van der Waals surface area contributed by atoms with Crippen LogP contribution in [0.1, 0.15) is 5.56 Å². The minimum absolute atomic E-state index is 0.111. The van der Waals surface area contributed by atoms with Crippen molar-refractivity contribution < 1.29 is 14.3 Å². The van der Waals surface area contributed by atoms with Gasteiger partial charge in [-0.1, -0.05) is 35.5 Å². The van der Waals surface area contributed by atoms with Gasteiger partial charge in [-0.2, -0.15) is 0 Å². The monoisotopic (exact) mass is 443 g/mol. The molecule has 9 heteroatoms. The molecule has 0 saturated heterocycles. The average molecular weight is 444 g/mol. The fourth-order valence-corrected chi connectivity index (χ4v) is 4.01. The quantitative estimate of drug-likeness (QED) is 0.342. The highest BCUT2D eigenvalue weighted by atomic mass is 35.5. The van der Waals surface area contributed by atoms with Crippen molar-refractivity contribution in [3.63, 3.8) is 0 Å². The molecule has 0 bridgehead atoms. The molecule has 0 aliphatic carbocycles. The molecule has 1 aliphatic rings. The molecule has 7 nitrogen and oxygen atoms in total. The average Bonchev–Trinajstić information content (AvgIpc) is 3.20.